The number of anilines is 2. The van der Waals surface area contributed by atoms with Gasteiger partial charge in [0.05, 0.1) is 11.4 Å². The van der Waals surface area contributed by atoms with Gasteiger partial charge in [0.1, 0.15) is 18.2 Å². The Kier molecular flexibility index (Phi) is 10.5. The highest BCUT2D eigenvalue weighted by Crippen LogP contribution is 2.15. The normalized spacial score (nSPS) is 12.1. The third kappa shape index (κ3) is 9.12. The lowest BCUT2D eigenvalue weighted by atomic mass is 10.1. The molecule has 0 saturated heterocycles. The van der Waals surface area contributed by atoms with Crippen LogP contribution >= 0.6 is 0 Å². The standard InChI is InChI=1S/C21H24FN5O2.C2H6/c1-13(3-4-14(2)22)12-29-20-8-5-15(11-26-20)9-16(23)10-18(28)17-6-7-19(24)27-21(17)25;1-2/h3-8,10-11H,9,12,23H2,1-2H3,(H4,24,25,27);1-2H3/b13-3+,14-4+,16-10-;. The first-order chi connectivity index (χ1) is 14.7. The van der Waals surface area contributed by atoms with E-state index in [9.17, 15) is 9.18 Å². The van der Waals surface area contributed by atoms with Gasteiger partial charge in [-0.15, -0.1) is 0 Å². The van der Waals surface area contributed by atoms with Crippen LogP contribution in [0, 0.1) is 0 Å². The molecule has 2 aromatic heterocycles. The average molecular weight is 428 g/mol. The van der Waals surface area contributed by atoms with E-state index in [4.69, 9.17) is 21.9 Å². The molecule has 166 valence electrons. The zero-order chi connectivity index (χ0) is 23.4. The maximum Gasteiger partial charge on any atom is 0.213 e. The molecule has 0 saturated carbocycles. The summed E-state index contributed by atoms with van der Waals surface area (Å²) in [5, 5.41) is 0. The number of nitrogen functional groups attached to an aromatic ring is 2. The van der Waals surface area contributed by atoms with Gasteiger partial charge in [-0.25, -0.2) is 14.4 Å². The lowest BCUT2D eigenvalue weighted by molar-refractivity contribution is 0.104. The Morgan fingerprint density at radius 1 is 1.13 bits per heavy atom. The number of pyridine rings is 2. The Labute approximate surface area is 182 Å². The van der Waals surface area contributed by atoms with Gasteiger partial charge in [0, 0.05) is 30.5 Å². The minimum Gasteiger partial charge on any atom is -0.473 e. The highest BCUT2D eigenvalue weighted by Gasteiger charge is 2.10. The van der Waals surface area contributed by atoms with Crippen molar-refractivity contribution in [1.82, 2.24) is 9.97 Å². The first-order valence-electron chi connectivity index (χ1n) is 9.84. The Hall–Kier alpha value is -3.68. The largest absolute Gasteiger partial charge is 0.473 e. The van der Waals surface area contributed by atoms with Gasteiger partial charge in [-0.3, -0.25) is 4.79 Å². The van der Waals surface area contributed by atoms with E-state index in [1.807, 2.05) is 20.8 Å². The molecule has 31 heavy (non-hydrogen) atoms. The number of allylic oxidation sites excluding steroid dienone is 5. The van der Waals surface area contributed by atoms with Crippen LogP contribution < -0.4 is 21.9 Å². The summed E-state index contributed by atoms with van der Waals surface area (Å²) in [4.78, 5) is 20.4. The van der Waals surface area contributed by atoms with Gasteiger partial charge >= 0.3 is 0 Å². The van der Waals surface area contributed by atoms with Crippen LogP contribution in [0.4, 0.5) is 16.0 Å². The van der Waals surface area contributed by atoms with Crippen molar-refractivity contribution in [2.75, 3.05) is 18.1 Å². The van der Waals surface area contributed by atoms with Crippen LogP contribution in [0.5, 0.6) is 5.88 Å². The summed E-state index contributed by atoms with van der Waals surface area (Å²) in [6, 6.07) is 6.52. The van der Waals surface area contributed by atoms with Gasteiger partial charge in [-0.2, -0.15) is 0 Å². The summed E-state index contributed by atoms with van der Waals surface area (Å²) in [7, 11) is 0. The molecule has 0 atom stereocenters. The fourth-order valence-corrected chi connectivity index (χ4v) is 2.33. The molecule has 0 amide bonds. The number of rotatable bonds is 8. The van der Waals surface area contributed by atoms with E-state index in [2.05, 4.69) is 9.97 Å². The molecule has 6 N–H and O–H groups in total. The molecule has 8 heteroatoms. The van der Waals surface area contributed by atoms with Crippen molar-refractivity contribution in [3.8, 4) is 5.88 Å². The second kappa shape index (κ2) is 12.8. The zero-order valence-corrected chi connectivity index (χ0v) is 18.4. The SMILES string of the molecule is C/C(F)=C\C=C(/C)COc1ccc(C/C(N)=C/C(=O)c2ccc(N)nc2N)cn1.CC. The summed E-state index contributed by atoms with van der Waals surface area (Å²) < 4.78 is 18.2. The summed E-state index contributed by atoms with van der Waals surface area (Å²) in [6.07, 6.45) is 6.28. The van der Waals surface area contributed by atoms with Gasteiger partial charge in [0.15, 0.2) is 5.78 Å². The molecule has 0 radical (unpaired) electrons. The highest BCUT2D eigenvalue weighted by molar-refractivity contribution is 6.08. The number of hydrogen-bond donors (Lipinski definition) is 3. The number of hydrogen-bond acceptors (Lipinski definition) is 7. The summed E-state index contributed by atoms with van der Waals surface area (Å²) in [5.74, 6) is 0.112. The molecule has 0 spiro atoms. The second-order valence-corrected chi connectivity index (χ2v) is 6.49. The molecule has 0 aromatic carbocycles. The van der Waals surface area contributed by atoms with Crippen LogP contribution in [0.15, 0.2) is 65.8 Å². The van der Waals surface area contributed by atoms with Gasteiger partial charge in [0.2, 0.25) is 5.88 Å². The second-order valence-electron chi connectivity index (χ2n) is 6.49. The Morgan fingerprint density at radius 2 is 1.84 bits per heavy atom. The van der Waals surface area contributed by atoms with E-state index >= 15 is 0 Å². The van der Waals surface area contributed by atoms with Crippen molar-refractivity contribution in [3.63, 3.8) is 0 Å². The molecule has 0 fully saturated rings. The molecule has 2 heterocycles. The summed E-state index contributed by atoms with van der Waals surface area (Å²) in [6.45, 7) is 7.50. The van der Waals surface area contributed by atoms with Crippen molar-refractivity contribution in [1.29, 1.82) is 0 Å². The van der Waals surface area contributed by atoms with E-state index < -0.39 is 0 Å². The monoisotopic (exact) mass is 427 g/mol. The van der Waals surface area contributed by atoms with Gasteiger partial charge in [-0.05, 0) is 43.2 Å². The molecule has 2 rings (SSSR count). The van der Waals surface area contributed by atoms with Crippen LogP contribution in [0.1, 0.15) is 43.6 Å². The molecule has 0 unspecified atom stereocenters. The number of nitrogens with zero attached hydrogens (tertiary/aromatic N) is 2. The Morgan fingerprint density at radius 3 is 2.42 bits per heavy atom. The maximum atomic E-state index is 12.7. The van der Waals surface area contributed by atoms with E-state index in [1.54, 1.807) is 24.4 Å². The molecular formula is C23H30FN5O2. The minimum atomic E-state index is -0.347. The Balaban J connectivity index is 0.00000233. The molecule has 0 aliphatic rings. The highest BCUT2D eigenvalue weighted by atomic mass is 19.1. The van der Waals surface area contributed by atoms with Gasteiger partial charge in [0.25, 0.3) is 0 Å². The minimum absolute atomic E-state index is 0.0590. The van der Waals surface area contributed by atoms with Gasteiger partial charge < -0.3 is 21.9 Å². The molecule has 0 aliphatic heterocycles. The predicted molar refractivity (Wildman–Crippen MR) is 123 cm³/mol. The fraction of sp³-hybridized carbons (Fsp3) is 0.261. The van der Waals surface area contributed by atoms with Crippen molar-refractivity contribution in [2.45, 2.75) is 34.1 Å². The summed E-state index contributed by atoms with van der Waals surface area (Å²) in [5.41, 5.74) is 19.5. The number of ether oxygens (including phenoxy) is 1. The maximum absolute atomic E-state index is 12.7. The smallest absolute Gasteiger partial charge is 0.213 e. The number of carbonyl (C=O) groups excluding carboxylic acids is 1. The van der Waals surface area contributed by atoms with Crippen molar-refractivity contribution < 1.29 is 13.9 Å². The number of aromatic nitrogens is 2. The third-order valence-electron chi connectivity index (χ3n) is 3.78. The van der Waals surface area contributed by atoms with Crippen LogP contribution in [-0.2, 0) is 6.42 Å². The number of nitrogens with two attached hydrogens (primary N) is 3. The van der Waals surface area contributed by atoms with E-state index in [-0.39, 0.29) is 28.8 Å². The van der Waals surface area contributed by atoms with Crippen LogP contribution in [-0.4, -0.2) is 22.4 Å². The Bertz CT molecular complexity index is 962. The van der Waals surface area contributed by atoms with Crippen LogP contribution in [0.2, 0.25) is 0 Å². The lowest BCUT2D eigenvalue weighted by Crippen LogP contribution is -2.09. The molecule has 0 aliphatic carbocycles. The van der Waals surface area contributed by atoms with Crippen LogP contribution in [0.3, 0.4) is 0 Å². The van der Waals surface area contributed by atoms with Gasteiger partial charge in [-0.1, -0.05) is 26.0 Å². The first kappa shape index (κ1) is 25.4. The van der Waals surface area contributed by atoms with Crippen LogP contribution in [0.25, 0.3) is 0 Å². The zero-order valence-electron chi connectivity index (χ0n) is 18.4. The predicted octanol–water partition coefficient (Wildman–Crippen LogP) is 4.13. The number of carbonyl (C=O) groups is 1. The molecular weight excluding hydrogens is 397 g/mol. The topological polar surface area (TPSA) is 130 Å². The molecule has 0 bridgehead atoms. The molecule has 2 aromatic rings. The van der Waals surface area contributed by atoms with E-state index in [0.717, 1.165) is 11.1 Å². The average Bonchev–Trinajstić information content (AvgIpc) is 2.73. The van der Waals surface area contributed by atoms with Crippen molar-refractivity contribution >= 4 is 17.4 Å². The lowest BCUT2D eigenvalue weighted by Gasteiger charge is -2.07. The number of halogens is 1. The van der Waals surface area contributed by atoms with Crippen molar-refractivity contribution in [2.24, 2.45) is 5.73 Å². The third-order valence-corrected chi connectivity index (χ3v) is 3.78. The first-order valence-corrected chi connectivity index (χ1v) is 9.84. The van der Waals surface area contributed by atoms with Crippen molar-refractivity contribution in [3.05, 3.63) is 76.9 Å². The number of ketones is 1. The quantitative estimate of drug-likeness (QED) is 0.328. The summed E-state index contributed by atoms with van der Waals surface area (Å²) >= 11 is 0. The fourth-order valence-electron chi connectivity index (χ4n) is 2.33. The van der Waals surface area contributed by atoms with E-state index in [1.165, 1.54) is 31.2 Å². The van der Waals surface area contributed by atoms with E-state index in [0.29, 0.717) is 24.6 Å². The molecule has 7 nitrogen and oxygen atoms in total.